The van der Waals surface area contributed by atoms with E-state index in [2.05, 4.69) is 5.32 Å². The molecule has 4 N–H and O–H groups in total. The Labute approximate surface area is 88.5 Å². The maximum Gasteiger partial charge on any atom is 0.409 e. The van der Waals surface area contributed by atoms with Crippen LogP contribution in [0.25, 0.3) is 0 Å². The molecule has 1 aromatic carbocycles. The molecule has 1 aromatic rings. The molecule has 0 atom stereocenters. The number of carbonyl (C=O) groups is 1. The summed E-state index contributed by atoms with van der Waals surface area (Å²) in [5, 5.41) is 10.9. The van der Waals surface area contributed by atoms with Gasteiger partial charge in [-0.2, -0.15) is 0 Å². The van der Waals surface area contributed by atoms with E-state index in [4.69, 9.17) is 10.8 Å². The Morgan fingerprint density at radius 2 is 2.07 bits per heavy atom. The highest BCUT2D eigenvalue weighted by Crippen LogP contribution is 2.28. The number of anilines is 3. The summed E-state index contributed by atoms with van der Waals surface area (Å²) < 4.78 is 0. The molecule has 0 aliphatic heterocycles. The molecular formula is C10H15N3O2. The maximum absolute atomic E-state index is 10.5. The number of amides is 1. The third-order valence-corrected chi connectivity index (χ3v) is 2.09. The van der Waals surface area contributed by atoms with Gasteiger partial charge in [0.15, 0.2) is 0 Å². The Hall–Kier alpha value is -1.91. The van der Waals surface area contributed by atoms with Crippen LogP contribution in [-0.4, -0.2) is 25.3 Å². The SMILES string of the molecule is Cc1cc(N)c(NC(=O)O)cc1N(C)C. The zero-order valence-electron chi connectivity index (χ0n) is 9.03. The molecule has 0 fully saturated rings. The third kappa shape index (κ3) is 2.52. The van der Waals surface area contributed by atoms with Gasteiger partial charge in [0.25, 0.3) is 0 Å². The minimum absolute atomic E-state index is 0.414. The van der Waals surface area contributed by atoms with Gasteiger partial charge in [0.05, 0.1) is 11.4 Å². The van der Waals surface area contributed by atoms with Crippen molar-refractivity contribution in [1.82, 2.24) is 0 Å². The van der Waals surface area contributed by atoms with Crippen molar-refractivity contribution < 1.29 is 9.90 Å². The topological polar surface area (TPSA) is 78.6 Å². The van der Waals surface area contributed by atoms with Crippen molar-refractivity contribution in [2.24, 2.45) is 0 Å². The van der Waals surface area contributed by atoms with Crippen molar-refractivity contribution in [3.05, 3.63) is 17.7 Å². The lowest BCUT2D eigenvalue weighted by molar-refractivity contribution is 0.210. The second-order valence-electron chi connectivity index (χ2n) is 3.55. The van der Waals surface area contributed by atoms with Crippen molar-refractivity contribution in [2.45, 2.75) is 6.92 Å². The molecule has 0 saturated carbocycles. The Kier molecular flexibility index (Phi) is 3.04. The van der Waals surface area contributed by atoms with E-state index < -0.39 is 6.09 Å². The van der Waals surface area contributed by atoms with E-state index in [0.717, 1.165) is 11.3 Å². The fourth-order valence-electron chi connectivity index (χ4n) is 1.42. The van der Waals surface area contributed by atoms with E-state index in [-0.39, 0.29) is 0 Å². The van der Waals surface area contributed by atoms with Crippen molar-refractivity contribution in [1.29, 1.82) is 0 Å². The van der Waals surface area contributed by atoms with E-state index in [9.17, 15) is 4.79 Å². The smallest absolute Gasteiger partial charge is 0.409 e. The summed E-state index contributed by atoms with van der Waals surface area (Å²) in [5.41, 5.74) is 8.48. The highest BCUT2D eigenvalue weighted by Gasteiger charge is 2.08. The van der Waals surface area contributed by atoms with Gasteiger partial charge in [-0.3, -0.25) is 5.32 Å². The summed E-state index contributed by atoms with van der Waals surface area (Å²) in [5.74, 6) is 0. The molecule has 1 amide bonds. The quantitative estimate of drug-likeness (QED) is 0.648. The molecule has 0 aliphatic carbocycles. The zero-order valence-corrected chi connectivity index (χ0v) is 9.03. The van der Waals surface area contributed by atoms with Crippen LogP contribution in [0.15, 0.2) is 12.1 Å². The summed E-state index contributed by atoms with van der Waals surface area (Å²) >= 11 is 0. The van der Waals surface area contributed by atoms with Gasteiger partial charge in [-0.05, 0) is 24.6 Å². The van der Waals surface area contributed by atoms with E-state index in [1.165, 1.54) is 0 Å². The number of nitrogens with zero attached hydrogens (tertiary/aromatic N) is 1. The fourth-order valence-corrected chi connectivity index (χ4v) is 1.42. The highest BCUT2D eigenvalue weighted by atomic mass is 16.4. The van der Waals surface area contributed by atoms with Crippen molar-refractivity contribution in [2.75, 3.05) is 30.0 Å². The maximum atomic E-state index is 10.5. The molecule has 0 spiro atoms. The summed E-state index contributed by atoms with van der Waals surface area (Å²) in [6.45, 7) is 1.93. The molecule has 5 heteroatoms. The van der Waals surface area contributed by atoms with Crippen molar-refractivity contribution in [3.8, 4) is 0 Å². The van der Waals surface area contributed by atoms with Crippen LogP contribution >= 0.6 is 0 Å². The van der Waals surface area contributed by atoms with E-state index in [1.54, 1.807) is 12.1 Å². The summed E-state index contributed by atoms with van der Waals surface area (Å²) in [6, 6.07) is 3.47. The normalized spacial score (nSPS) is 9.80. The number of hydrogen-bond acceptors (Lipinski definition) is 3. The van der Waals surface area contributed by atoms with Crippen LogP contribution in [-0.2, 0) is 0 Å². The van der Waals surface area contributed by atoms with Gasteiger partial charge in [0, 0.05) is 19.8 Å². The predicted molar refractivity (Wildman–Crippen MR) is 61.6 cm³/mol. The molecule has 0 aromatic heterocycles. The first-order valence-corrected chi connectivity index (χ1v) is 4.49. The summed E-state index contributed by atoms with van der Waals surface area (Å²) in [6.07, 6.45) is -1.12. The second kappa shape index (κ2) is 4.08. The molecule has 0 radical (unpaired) electrons. The van der Waals surface area contributed by atoms with Gasteiger partial charge in [0.1, 0.15) is 0 Å². The molecule has 15 heavy (non-hydrogen) atoms. The lowest BCUT2D eigenvalue weighted by Crippen LogP contribution is -2.14. The number of rotatable bonds is 2. The van der Waals surface area contributed by atoms with E-state index in [0.29, 0.717) is 11.4 Å². The standard InChI is InChI=1S/C10H15N3O2/c1-6-4-7(11)8(12-10(14)15)5-9(6)13(2)3/h4-5,12H,11H2,1-3H3,(H,14,15). The minimum atomic E-state index is -1.12. The monoisotopic (exact) mass is 209 g/mol. The van der Waals surface area contributed by atoms with Crippen LogP contribution in [0, 0.1) is 6.92 Å². The highest BCUT2D eigenvalue weighted by molar-refractivity contribution is 5.89. The van der Waals surface area contributed by atoms with Crippen molar-refractivity contribution >= 4 is 23.2 Å². The Balaban J connectivity index is 3.17. The van der Waals surface area contributed by atoms with Crippen molar-refractivity contribution in [3.63, 3.8) is 0 Å². The summed E-state index contributed by atoms with van der Waals surface area (Å²) in [4.78, 5) is 12.4. The molecule has 0 saturated heterocycles. The molecule has 0 unspecified atom stereocenters. The van der Waals surface area contributed by atoms with Crippen LogP contribution in [0.3, 0.4) is 0 Å². The zero-order chi connectivity index (χ0) is 11.6. The first-order valence-electron chi connectivity index (χ1n) is 4.49. The van der Waals surface area contributed by atoms with Crippen LogP contribution in [0.5, 0.6) is 0 Å². The first-order chi connectivity index (χ1) is 6.91. The Bertz CT molecular complexity index is 388. The van der Waals surface area contributed by atoms with Gasteiger partial charge in [0.2, 0.25) is 0 Å². The van der Waals surface area contributed by atoms with E-state index in [1.807, 2.05) is 25.9 Å². The lowest BCUT2D eigenvalue weighted by atomic mass is 10.1. The van der Waals surface area contributed by atoms with Gasteiger partial charge in [-0.25, -0.2) is 4.79 Å². The minimum Gasteiger partial charge on any atom is -0.465 e. The fraction of sp³-hybridized carbons (Fsp3) is 0.300. The molecular weight excluding hydrogens is 194 g/mol. The molecule has 82 valence electrons. The molecule has 0 bridgehead atoms. The molecule has 5 nitrogen and oxygen atoms in total. The van der Waals surface area contributed by atoms with E-state index >= 15 is 0 Å². The molecule has 1 rings (SSSR count). The van der Waals surface area contributed by atoms with Crippen LogP contribution in [0.2, 0.25) is 0 Å². The number of aryl methyl sites for hydroxylation is 1. The first kappa shape index (κ1) is 11.2. The average molecular weight is 209 g/mol. The number of nitrogen functional groups attached to an aromatic ring is 1. The van der Waals surface area contributed by atoms with Gasteiger partial charge >= 0.3 is 6.09 Å². The average Bonchev–Trinajstić information content (AvgIpc) is 2.08. The van der Waals surface area contributed by atoms with Crippen LogP contribution < -0.4 is 16.0 Å². The number of carboxylic acid groups (broad SMARTS) is 1. The third-order valence-electron chi connectivity index (χ3n) is 2.09. The number of nitrogens with two attached hydrogens (primary N) is 1. The second-order valence-corrected chi connectivity index (χ2v) is 3.55. The van der Waals surface area contributed by atoms with Gasteiger partial charge < -0.3 is 15.7 Å². The Morgan fingerprint density at radius 1 is 1.47 bits per heavy atom. The molecule has 0 heterocycles. The van der Waals surface area contributed by atoms with Gasteiger partial charge in [-0.15, -0.1) is 0 Å². The molecule has 0 aliphatic rings. The number of benzene rings is 1. The number of hydrogen-bond donors (Lipinski definition) is 3. The lowest BCUT2D eigenvalue weighted by Gasteiger charge is -2.18. The number of nitrogens with one attached hydrogen (secondary N) is 1. The predicted octanol–water partition coefficient (Wildman–Crippen LogP) is 1.73. The van der Waals surface area contributed by atoms with Crippen LogP contribution in [0.1, 0.15) is 5.56 Å². The van der Waals surface area contributed by atoms with Gasteiger partial charge in [-0.1, -0.05) is 0 Å². The largest absolute Gasteiger partial charge is 0.465 e. The summed E-state index contributed by atoms with van der Waals surface area (Å²) in [7, 11) is 3.78. The van der Waals surface area contributed by atoms with Crippen LogP contribution in [0.4, 0.5) is 21.9 Å². The Morgan fingerprint density at radius 3 is 2.53 bits per heavy atom.